The van der Waals surface area contributed by atoms with Gasteiger partial charge in [-0.15, -0.1) is 0 Å². The number of nitrogens with zero attached hydrogens (tertiary/aromatic N) is 2. The van der Waals surface area contributed by atoms with Crippen molar-refractivity contribution in [1.82, 2.24) is 0 Å². The van der Waals surface area contributed by atoms with Gasteiger partial charge in [-0.1, -0.05) is 41.3 Å². The molecule has 0 radical (unpaired) electrons. The van der Waals surface area contributed by atoms with Crippen LogP contribution in [-0.4, -0.2) is 16.8 Å². The topological polar surface area (TPSA) is 47.6 Å². The van der Waals surface area contributed by atoms with Crippen molar-refractivity contribution in [2.24, 2.45) is 0 Å². The monoisotopic (exact) mass is 425 g/mol. The maximum atomic E-state index is 9.44. The number of hydrogen-bond donors (Lipinski definition) is 2. The summed E-state index contributed by atoms with van der Waals surface area (Å²) in [5.41, 5.74) is 4.23. The highest BCUT2D eigenvalue weighted by molar-refractivity contribution is 8.03. The Bertz CT molecular complexity index is 1100. The van der Waals surface area contributed by atoms with Gasteiger partial charge >= 0.3 is 0 Å². The highest BCUT2D eigenvalue weighted by Gasteiger charge is 2.23. The third-order valence-electron chi connectivity index (χ3n) is 5.06. The van der Waals surface area contributed by atoms with Crippen LogP contribution in [0.1, 0.15) is 30.0 Å². The van der Waals surface area contributed by atoms with Gasteiger partial charge in [0.15, 0.2) is 0 Å². The molecular weight excluding hydrogens is 400 g/mol. The number of hydrogen-bond acceptors (Lipinski definition) is 5. The summed E-state index contributed by atoms with van der Waals surface area (Å²) < 4.78 is 3.52. The summed E-state index contributed by atoms with van der Waals surface area (Å²) in [5.74, 6) is 0. The van der Waals surface area contributed by atoms with E-state index in [9.17, 15) is 10.2 Å². The van der Waals surface area contributed by atoms with E-state index in [0.717, 1.165) is 24.2 Å². The number of fused-ring (bicyclic) bond motifs is 2. The first-order chi connectivity index (χ1) is 14.2. The molecule has 0 saturated heterocycles. The van der Waals surface area contributed by atoms with Crippen molar-refractivity contribution in [3.63, 3.8) is 0 Å². The van der Waals surface area contributed by atoms with E-state index < -0.39 is 0 Å². The van der Waals surface area contributed by atoms with Gasteiger partial charge in [0, 0.05) is 23.6 Å². The predicted octanol–water partition coefficient (Wildman–Crippen LogP) is 4.68. The van der Waals surface area contributed by atoms with Crippen molar-refractivity contribution in [1.29, 1.82) is 0 Å². The number of aryl methyl sites for hydroxylation is 1. The Morgan fingerprint density at radius 1 is 1.03 bits per heavy atom. The number of benzene rings is 2. The average molecular weight is 426 g/mol. The van der Waals surface area contributed by atoms with Crippen LogP contribution in [0, 0.1) is 0 Å². The summed E-state index contributed by atoms with van der Waals surface area (Å²) in [7, 11) is 0. The van der Waals surface area contributed by atoms with Crippen molar-refractivity contribution in [2.75, 3.05) is 11.4 Å². The lowest BCUT2D eigenvalue weighted by Crippen LogP contribution is -2.33. The Balaban J connectivity index is 1.63. The zero-order chi connectivity index (χ0) is 20.4. The summed E-state index contributed by atoms with van der Waals surface area (Å²) in [6, 6.07) is 12.3. The molecule has 1 aliphatic rings. The van der Waals surface area contributed by atoms with E-state index in [1.807, 2.05) is 12.1 Å². The van der Waals surface area contributed by atoms with Gasteiger partial charge in [0.2, 0.25) is 5.52 Å². The van der Waals surface area contributed by atoms with Crippen molar-refractivity contribution >= 4 is 45.1 Å². The third-order valence-corrected chi connectivity index (χ3v) is 7.33. The first kappa shape index (κ1) is 20.2. The standard InChI is InChI=1S/C23H25N2O2S2/c1-3-24-18-12-16(14-26)8-10-20(18)28-22(24)6-5-7-23-25(4-2)19-13-17(15-27)9-11-21(19)29-23/h5-13,26-27H,3-4,14-15H2,1-2H3/q+1. The van der Waals surface area contributed by atoms with Crippen LogP contribution >= 0.6 is 23.1 Å². The number of rotatable bonds is 6. The Morgan fingerprint density at radius 2 is 1.79 bits per heavy atom. The van der Waals surface area contributed by atoms with Crippen LogP contribution in [0.25, 0.3) is 16.3 Å². The van der Waals surface area contributed by atoms with Crippen molar-refractivity contribution < 1.29 is 14.8 Å². The fourth-order valence-corrected chi connectivity index (χ4v) is 5.84. The lowest BCUT2D eigenvalue weighted by Gasteiger charge is -2.18. The normalized spacial score (nSPS) is 15.2. The number of aliphatic hydroxyl groups is 2. The number of allylic oxidation sites excluding steroid dienone is 2. The summed E-state index contributed by atoms with van der Waals surface area (Å²) in [5, 5.41) is 21.3. The van der Waals surface area contributed by atoms with E-state index in [4.69, 9.17) is 0 Å². The summed E-state index contributed by atoms with van der Waals surface area (Å²) in [4.78, 5) is 3.52. The third kappa shape index (κ3) is 3.85. The van der Waals surface area contributed by atoms with E-state index in [2.05, 4.69) is 65.8 Å². The van der Waals surface area contributed by atoms with E-state index in [0.29, 0.717) is 0 Å². The van der Waals surface area contributed by atoms with E-state index >= 15 is 0 Å². The molecule has 0 spiro atoms. The molecule has 0 aliphatic carbocycles. The molecule has 6 heteroatoms. The Morgan fingerprint density at radius 3 is 2.52 bits per heavy atom. The predicted molar refractivity (Wildman–Crippen MR) is 122 cm³/mol. The zero-order valence-corrected chi connectivity index (χ0v) is 18.3. The second kappa shape index (κ2) is 8.71. The van der Waals surface area contributed by atoms with Gasteiger partial charge in [0.25, 0.3) is 5.01 Å². The lowest BCUT2D eigenvalue weighted by molar-refractivity contribution is -0.665. The molecule has 0 saturated carbocycles. The molecule has 0 amide bonds. The average Bonchev–Trinajstić information content (AvgIpc) is 3.29. The number of thioether (sulfide) groups is 1. The van der Waals surface area contributed by atoms with Crippen LogP contribution in [0.5, 0.6) is 0 Å². The molecule has 0 fully saturated rings. The van der Waals surface area contributed by atoms with Gasteiger partial charge in [-0.3, -0.25) is 0 Å². The van der Waals surface area contributed by atoms with Gasteiger partial charge in [-0.25, -0.2) is 0 Å². The lowest BCUT2D eigenvalue weighted by atomic mass is 10.2. The molecule has 29 heavy (non-hydrogen) atoms. The number of aromatic nitrogens is 1. The molecular formula is C23H25N2O2S2+. The minimum absolute atomic E-state index is 0.0649. The Hall–Kier alpha value is -2.12. The second-order valence-electron chi connectivity index (χ2n) is 6.82. The van der Waals surface area contributed by atoms with Crippen LogP contribution < -0.4 is 9.47 Å². The maximum absolute atomic E-state index is 9.44. The molecule has 2 aromatic carbocycles. The smallest absolute Gasteiger partial charge is 0.262 e. The van der Waals surface area contributed by atoms with Gasteiger partial charge in [0.05, 0.1) is 23.9 Å². The fraction of sp³-hybridized carbons (Fsp3) is 0.261. The molecule has 4 nitrogen and oxygen atoms in total. The van der Waals surface area contributed by atoms with Crippen LogP contribution in [0.2, 0.25) is 0 Å². The summed E-state index contributed by atoms with van der Waals surface area (Å²) in [6.45, 7) is 6.20. The van der Waals surface area contributed by atoms with Crippen LogP contribution in [0.3, 0.4) is 0 Å². The van der Waals surface area contributed by atoms with Crippen molar-refractivity contribution in [2.45, 2.75) is 38.5 Å². The molecule has 2 heterocycles. The molecule has 1 aromatic heterocycles. The molecule has 4 rings (SSSR count). The Labute approximate surface area is 179 Å². The molecule has 3 aromatic rings. The highest BCUT2D eigenvalue weighted by Crippen LogP contribution is 2.46. The minimum atomic E-state index is 0.0649. The number of anilines is 1. The summed E-state index contributed by atoms with van der Waals surface area (Å²) >= 11 is 3.53. The van der Waals surface area contributed by atoms with Crippen molar-refractivity contribution in [3.05, 3.63) is 69.7 Å². The quantitative estimate of drug-likeness (QED) is 0.563. The first-order valence-electron chi connectivity index (χ1n) is 9.82. The largest absolute Gasteiger partial charge is 0.392 e. The summed E-state index contributed by atoms with van der Waals surface area (Å²) in [6.07, 6.45) is 6.44. The maximum Gasteiger partial charge on any atom is 0.262 e. The van der Waals surface area contributed by atoms with Gasteiger partial charge in [-0.2, -0.15) is 4.57 Å². The molecule has 2 N–H and O–H groups in total. The highest BCUT2D eigenvalue weighted by atomic mass is 32.2. The molecule has 0 unspecified atom stereocenters. The van der Waals surface area contributed by atoms with Gasteiger partial charge in [0.1, 0.15) is 11.2 Å². The van der Waals surface area contributed by atoms with E-state index in [1.54, 1.807) is 23.1 Å². The molecule has 1 aliphatic heterocycles. The molecule has 0 bridgehead atoms. The van der Waals surface area contributed by atoms with E-state index in [-0.39, 0.29) is 13.2 Å². The number of thiazole rings is 1. The Kier molecular flexibility index (Phi) is 6.06. The van der Waals surface area contributed by atoms with Crippen molar-refractivity contribution in [3.8, 4) is 0 Å². The van der Waals surface area contributed by atoms with Gasteiger partial charge in [-0.05, 0) is 49.2 Å². The minimum Gasteiger partial charge on any atom is -0.392 e. The molecule has 0 atom stereocenters. The van der Waals surface area contributed by atoms with Crippen LogP contribution in [-0.2, 0) is 19.8 Å². The van der Waals surface area contributed by atoms with Gasteiger partial charge < -0.3 is 15.1 Å². The SMILES string of the molecule is CCN1/C(=C\C=C\c2sc3ccc(CO)cc3[n+]2CC)Sc2ccc(CO)cc21. The molecule has 150 valence electrons. The van der Waals surface area contributed by atoms with E-state index in [1.165, 1.54) is 30.8 Å². The first-order valence-corrected chi connectivity index (χ1v) is 11.5. The number of aliphatic hydroxyl groups excluding tert-OH is 2. The second-order valence-corrected chi connectivity index (χ2v) is 8.94. The van der Waals surface area contributed by atoms with Crippen LogP contribution in [0.4, 0.5) is 5.69 Å². The zero-order valence-electron chi connectivity index (χ0n) is 16.6. The fourth-order valence-electron chi connectivity index (χ4n) is 3.60. The van der Waals surface area contributed by atoms with Crippen LogP contribution in [0.15, 0.2) is 58.5 Å².